The van der Waals surface area contributed by atoms with Gasteiger partial charge in [-0.1, -0.05) is 36.2 Å². The molecule has 0 aliphatic carbocycles. The van der Waals surface area contributed by atoms with Gasteiger partial charge >= 0.3 is 6.03 Å². The fraction of sp³-hybridized carbons (Fsp3) is 0.833. The smallest absolute Gasteiger partial charge is 0.323 e. The fourth-order valence-corrected chi connectivity index (χ4v) is 2.56. The molecule has 0 saturated carbocycles. The van der Waals surface area contributed by atoms with Crippen LogP contribution < -0.4 is 5.32 Å². The van der Waals surface area contributed by atoms with E-state index < -0.39 is 5.54 Å². The third-order valence-corrected chi connectivity index (χ3v) is 4.32. The van der Waals surface area contributed by atoms with Crippen molar-refractivity contribution >= 4 is 27.9 Å². The Labute approximate surface area is 111 Å². The lowest BCUT2D eigenvalue weighted by Crippen LogP contribution is -2.43. The number of hydrogen-bond acceptors (Lipinski definition) is 2. The number of hydrogen-bond donors (Lipinski definition) is 1. The van der Waals surface area contributed by atoms with Crippen molar-refractivity contribution in [1.29, 1.82) is 0 Å². The van der Waals surface area contributed by atoms with E-state index in [0.29, 0.717) is 18.9 Å². The van der Waals surface area contributed by atoms with Crippen LogP contribution in [0.4, 0.5) is 4.79 Å². The monoisotopic (exact) mass is 304 g/mol. The highest BCUT2D eigenvalue weighted by Crippen LogP contribution is 2.23. The molecule has 1 saturated heterocycles. The second-order valence-electron chi connectivity index (χ2n) is 4.84. The summed E-state index contributed by atoms with van der Waals surface area (Å²) < 4.78 is 0. The molecule has 2 unspecified atom stereocenters. The molecule has 98 valence electrons. The first-order valence-electron chi connectivity index (χ1n) is 6.18. The average Bonchev–Trinajstić information content (AvgIpc) is 2.52. The van der Waals surface area contributed by atoms with Crippen LogP contribution in [0.1, 0.15) is 40.0 Å². The summed E-state index contributed by atoms with van der Waals surface area (Å²) in [5.74, 6) is 0.251. The molecule has 1 heterocycles. The summed E-state index contributed by atoms with van der Waals surface area (Å²) in [7, 11) is 0. The summed E-state index contributed by atoms with van der Waals surface area (Å²) in [5.41, 5.74) is -0.708. The normalized spacial score (nSPS) is 26.2. The zero-order valence-electron chi connectivity index (χ0n) is 10.8. The summed E-state index contributed by atoms with van der Waals surface area (Å²) >= 11 is 3.44. The number of carbonyl (C=O) groups is 2. The van der Waals surface area contributed by atoms with E-state index in [1.807, 2.05) is 6.92 Å². The number of halogens is 1. The fourth-order valence-electron chi connectivity index (χ4n) is 2.04. The van der Waals surface area contributed by atoms with Crippen molar-refractivity contribution in [2.45, 2.75) is 45.6 Å². The van der Waals surface area contributed by atoms with Crippen LogP contribution in [-0.2, 0) is 4.79 Å². The van der Waals surface area contributed by atoms with Gasteiger partial charge in [-0.3, -0.25) is 9.69 Å². The minimum Gasteiger partial charge on any atom is -0.323 e. The largest absolute Gasteiger partial charge is 0.325 e. The van der Waals surface area contributed by atoms with E-state index in [2.05, 4.69) is 28.2 Å². The number of nitrogens with one attached hydrogen (secondary N) is 1. The van der Waals surface area contributed by atoms with Crippen LogP contribution in [0, 0.1) is 5.92 Å². The Hall–Kier alpha value is -0.580. The van der Waals surface area contributed by atoms with Gasteiger partial charge in [-0.25, -0.2) is 4.79 Å². The molecule has 4 nitrogen and oxygen atoms in total. The Morgan fingerprint density at radius 1 is 1.41 bits per heavy atom. The number of rotatable bonds is 6. The molecule has 1 aliphatic rings. The summed E-state index contributed by atoms with van der Waals surface area (Å²) in [6, 6.07) is -0.249. The Morgan fingerprint density at radius 2 is 2.06 bits per heavy atom. The molecular weight excluding hydrogens is 284 g/mol. The molecule has 3 amide bonds. The van der Waals surface area contributed by atoms with Crippen molar-refractivity contribution in [2.75, 3.05) is 11.9 Å². The molecule has 1 aliphatic heterocycles. The first kappa shape index (κ1) is 14.5. The van der Waals surface area contributed by atoms with Gasteiger partial charge in [0.1, 0.15) is 5.54 Å². The van der Waals surface area contributed by atoms with Gasteiger partial charge < -0.3 is 5.32 Å². The van der Waals surface area contributed by atoms with Gasteiger partial charge in [0.05, 0.1) is 0 Å². The van der Waals surface area contributed by atoms with Crippen molar-refractivity contribution in [1.82, 2.24) is 10.2 Å². The standard InChI is InChI=1S/C12H21BrN2O2/c1-4-6-9(7-13)8-15-10(16)12(3,5-2)14-11(15)17/h9H,4-8H2,1-3H3,(H,14,17). The maximum atomic E-state index is 12.2. The van der Waals surface area contributed by atoms with Gasteiger partial charge in [0.25, 0.3) is 5.91 Å². The second-order valence-corrected chi connectivity index (χ2v) is 5.49. The molecule has 1 fully saturated rings. The average molecular weight is 305 g/mol. The SMILES string of the molecule is CCCC(CBr)CN1C(=O)NC(C)(CC)C1=O. The molecule has 5 heteroatoms. The number of alkyl halides is 1. The molecule has 2 atom stereocenters. The van der Waals surface area contributed by atoms with Crippen molar-refractivity contribution in [3.05, 3.63) is 0 Å². The van der Waals surface area contributed by atoms with Crippen LogP contribution in [0.5, 0.6) is 0 Å². The Bertz CT molecular complexity index is 309. The Morgan fingerprint density at radius 3 is 2.47 bits per heavy atom. The summed E-state index contributed by atoms with van der Waals surface area (Å²) in [6.07, 6.45) is 2.71. The van der Waals surface area contributed by atoms with E-state index in [9.17, 15) is 9.59 Å². The van der Waals surface area contributed by atoms with Gasteiger partial charge in [-0.05, 0) is 25.7 Å². The van der Waals surface area contributed by atoms with E-state index in [0.717, 1.165) is 18.2 Å². The van der Waals surface area contributed by atoms with Crippen molar-refractivity contribution in [2.24, 2.45) is 5.92 Å². The third-order valence-electron chi connectivity index (χ3n) is 3.41. The topological polar surface area (TPSA) is 49.4 Å². The minimum absolute atomic E-state index is 0.0907. The first-order chi connectivity index (χ1) is 7.98. The van der Waals surface area contributed by atoms with Gasteiger partial charge in [-0.15, -0.1) is 0 Å². The van der Waals surface area contributed by atoms with Gasteiger partial charge in [-0.2, -0.15) is 0 Å². The van der Waals surface area contributed by atoms with Crippen LogP contribution in [-0.4, -0.2) is 34.3 Å². The van der Waals surface area contributed by atoms with Crippen molar-refractivity contribution in [3.8, 4) is 0 Å². The number of carbonyl (C=O) groups excluding carboxylic acids is 2. The van der Waals surface area contributed by atoms with E-state index in [4.69, 9.17) is 0 Å². The lowest BCUT2D eigenvalue weighted by atomic mass is 9.99. The lowest BCUT2D eigenvalue weighted by molar-refractivity contribution is -0.131. The minimum atomic E-state index is -0.708. The quantitative estimate of drug-likeness (QED) is 0.605. The molecule has 0 aromatic carbocycles. The van der Waals surface area contributed by atoms with Crippen molar-refractivity contribution in [3.63, 3.8) is 0 Å². The van der Waals surface area contributed by atoms with Crippen molar-refractivity contribution < 1.29 is 9.59 Å². The maximum Gasteiger partial charge on any atom is 0.325 e. The van der Waals surface area contributed by atoms with E-state index in [1.165, 1.54) is 4.90 Å². The molecule has 1 rings (SSSR count). The molecule has 0 spiro atoms. The predicted octanol–water partition coefficient (Wildman–Crippen LogP) is 2.52. The van der Waals surface area contributed by atoms with E-state index >= 15 is 0 Å². The van der Waals surface area contributed by atoms with Gasteiger partial charge in [0, 0.05) is 11.9 Å². The number of imide groups is 1. The molecular formula is C12H21BrN2O2. The predicted molar refractivity (Wildman–Crippen MR) is 71.1 cm³/mol. The highest BCUT2D eigenvalue weighted by atomic mass is 79.9. The van der Waals surface area contributed by atoms with E-state index in [-0.39, 0.29) is 11.9 Å². The summed E-state index contributed by atoms with van der Waals surface area (Å²) in [6.45, 7) is 6.32. The van der Waals surface area contributed by atoms with Crippen LogP contribution in [0.3, 0.4) is 0 Å². The maximum absolute atomic E-state index is 12.2. The molecule has 17 heavy (non-hydrogen) atoms. The van der Waals surface area contributed by atoms with Gasteiger partial charge in [0.2, 0.25) is 0 Å². The highest BCUT2D eigenvalue weighted by Gasteiger charge is 2.46. The van der Waals surface area contributed by atoms with Gasteiger partial charge in [0.15, 0.2) is 0 Å². The van der Waals surface area contributed by atoms with Crippen LogP contribution in [0.25, 0.3) is 0 Å². The molecule has 1 N–H and O–H groups in total. The Balaban J connectivity index is 2.72. The van der Waals surface area contributed by atoms with Crippen LogP contribution in [0.15, 0.2) is 0 Å². The van der Waals surface area contributed by atoms with Crippen LogP contribution >= 0.6 is 15.9 Å². The lowest BCUT2D eigenvalue weighted by Gasteiger charge is -2.22. The summed E-state index contributed by atoms with van der Waals surface area (Å²) in [4.78, 5) is 25.3. The molecule has 0 aromatic rings. The van der Waals surface area contributed by atoms with Crippen LogP contribution in [0.2, 0.25) is 0 Å². The molecule has 0 radical (unpaired) electrons. The van der Waals surface area contributed by atoms with E-state index in [1.54, 1.807) is 6.92 Å². The third kappa shape index (κ3) is 3.00. The molecule has 0 aromatic heterocycles. The zero-order valence-corrected chi connectivity index (χ0v) is 12.3. The highest BCUT2D eigenvalue weighted by molar-refractivity contribution is 9.09. The number of urea groups is 1. The number of nitrogens with zero attached hydrogens (tertiary/aromatic N) is 1. The second kappa shape index (κ2) is 5.85. The first-order valence-corrected chi connectivity index (χ1v) is 7.30. The molecule has 0 bridgehead atoms. The Kier molecular flexibility index (Phi) is 4.98. The summed E-state index contributed by atoms with van der Waals surface area (Å²) in [5, 5.41) is 3.59. The zero-order chi connectivity index (χ0) is 13.1. The number of amides is 3.